The molecule has 1 fully saturated rings. The van der Waals surface area contributed by atoms with Crippen LogP contribution in [-0.2, 0) is 11.3 Å². The molecule has 4 rings (SSSR count). The van der Waals surface area contributed by atoms with Gasteiger partial charge in [0.15, 0.2) is 0 Å². The number of fused-ring (bicyclic) bond motifs is 1. The molecule has 1 saturated carbocycles. The molecule has 2 heterocycles. The van der Waals surface area contributed by atoms with E-state index in [4.69, 9.17) is 9.47 Å². The maximum absolute atomic E-state index is 12.5. The van der Waals surface area contributed by atoms with Crippen molar-refractivity contribution in [2.75, 3.05) is 6.61 Å². The predicted molar refractivity (Wildman–Crippen MR) is 113 cm³/mol. The van der Waals surface area contributed by atoms with E-state index in [0.29, 0.717) is 30.3 Å². The normalized spacial score (nSPS) is 14.0. The summed E-state index contributed by atoms with van der Waals surface area (Å²) in [6, 6.07) is 10.7. The number of pyridine rings is 1. The molecule has 0 aliphatic heterocycles. The Balaban J connectivity index is 1.36. The van der Waals surface area contributed by atoms with Crippen LogP contribution in [0.5, 0.6) is 5.88 Å². The summed E-state index contributed by atoms with van der Waals surface area (Å²) in [6.07, 6.45) is 6.61. The lowest BCUT2D eigenvalue weighted by molar-refractivity contribution is 0.0520. The van der Waals surface area contributed by atoms with Crippen LogP contribution in [0.15, 0.2) is 42.6 Å². The standard InChI is InChI=1S/C23H25N3O4/c1-2-29-23(28)20-12-17-11-16(8-9-19(17)26-20)22(27)25-14-15-7-10-21(24-13-15)30-18-5-3-4-6-18/h7-13,18,26H,2-6,14H2,1H3,(H,25,27). The number of H-pyrrole nitrogens is 1. The lowest BCUT2D eigenvalue weighted by Gasteiger charge is -2.12. The number of benzene rings is 1. The second-order valence-electron chi connectivity index (χ2n) is 7.42. The van der Waals surface area contributed by atoms with Crippen LogP contribution in [0, 0.1) is 0 Å². The van der Waals surface area contributed by atoms with Gasteiger partial charge in [-0.25, -0.2) is 9.78 Å². The first-order valence-corrected chi connectivity index (χ1v) is 10.3. The van der Waals surface area contributed by atoms with Gasteiger partial charge in [-0.2, -0.15) is 0 Å². The SMILES string of the molecule is CCOC(=O)c1cc2cc(C(=O)NCc3ccc(OC4CCCC4)nc3)ccc2[nH]1. The number of nitrogens with zero attached hydrogens (tertiary/aromatic N) is 1. The van der Waals surface area contributed by atoms with E-state index in [-0.39, 0.29) is 12.0 Å². The molecule has 0 atom stereocenters. The molecule has 0 saturated heterocycles. The van der Waals surface area contributed by atoms with Gasteiger partial charge in [-0.05, 0) is 62.4 Å². The molecule has 2 N–H and O–H groups in total. The van der Waals surface area contributed by atoms with Gasteiger partial charge in [0.1, 0.15) is 11.8 Å². The number of carbonyl (C=O) groups is 2. The largest absolute Gasteiger partial charge is 0.474 e. The average molecular weight is 407 g/mol. The summed E-state index contributed by atoms with van der Waals surface area (Å²) < 4.78 is 10.9. The van der Waals surface area contributed by atoms with E-state index in [1.54, 1.807) is 37.4 Å². The van der Waals surface area contributed by atoms with Crippen molar-refractivity contribution in [3.05, 3.63) is 59.4 Å². The number of hydrogen-bond acceptors (Lipinski definition) is 5. The van der Waals surface area contributed by atoms with Crippen LogP contribution in [0.1, 0.15) is 59.0 Å². The maximum Gasteiger partial charge on any atom is 0.354 e. The zero-order valence-corrected chi connectivity index (χ0v) is 16.9. The Morgan fingerprint density at radius 2 is 2.00 bits per heavy atom. The van der Waals surface area contributed by atoms with Crippen LogP contribution in [0.2, 0.25) is 0 Å². The second-order valence-corrected chi connectivity index (χ2v) is 7.42. The number of nitrogens with one attached hydrogen (secondary N) is 2. The first-order valence-electron chi connectivity index (χ1n) is 10.3. The summed E-state index contributed by atoms with van der Waals surface area (Å²) in [6.45, 7) is 2.44. The Bertz CT molecular complexity index is 1040. The van der Waals surface area contributed by atoms with Crippen LogP contribution in [-0.4, -0.2) is 34.6 Å². The number of amides is 1. The van der Waals surface area contributed by atoms with Crippen molar-refractivity contribution >= 4 is 22.8 Å². The van der Waals surface area contributed by atoms with E-state index in [9.17, 15) is 9.59 Å². The van der Waals surface area contributed by atoms with Gasteiger partial charge >= 0.3 is 5.97 Å². The molecule has 1 amide bonds. The quantitative estimate of drug-likeness (QED) is 0.578. The molecule has 2 aromatic heterocycles. The van der Waals surface area contributed by atoms with Crippen molar-refractivity contribution in [2.24, 2.45) is 0 Å². The topological polar surface area (TPSA) is 93.3 Å². The molecule has 1 aliphatic carbocycles. The maximum atomic E-state index is 12.5. The van der Waals surface area contributed by atoms with Crippen LogP contribution < -0.4 is 10.1 Å². The third kappa shape index (κ3) is 4.62. The lowest BCUT2D eigenvalue weighted by atomic mass is 10.1. The molecular formula is C23H25N3O4. The summed E-state index contributed by atoms with van der Waals surface area (Å²) in [5.74, 6) is 0.0296. The highest BCUT2D eigenvalue weighted by Gasteiger charge is 2.17. The van der Waals surface area contributed by atoms with Crippen molar-refractivity contribution in [1.82, 2.24) is 15.3 Å². The highest BCUT2D eigenvalue weighted by Crippen LogP contribution is 2.23. The Morgan fingerprint density at radius 1 is 1.17 bits per heavy atom. The Kier molecular flexibility index (Phi) is 5.97. The van der Waals surface area contributed by atoms with E-state index < -0.39 is 5.97 Å². The molecular weight excluding hydrogens is 382 g/mol. The van der Waals surface area contributed by atoms with E-state index in [2.05, 4.69) is 15.3 Å². The molecule has 3 aromatic rings. The third-order valence-corrected chi connectivity index (χ3v) is 5.22. The van der Waals surface area contributed by atoms with Gasteiger partial charge in [-0.15, -0.1) is 0 Å². The minimum Gasteiger partial charge on any atom is -0.474 e. The summed E-state index contributed by atoms with van der Waals surface area (Å²) in [4.78, 5) is 31.8. The summed E-state index contributed by atoms with van der Waals surface area (Å²) >= 11 is 0. The van der Waals surface area contributed by atoms with Crippen molar-refractivity contribution in [2.45, 2.75) is 45.3 Å². The average Bonchev–Trinajstić information content (AvgIpc) is 3.42. The molecule has 7 nitrogen and oxygen atoms in total. The smallest absolute Gasteiger partial charge is 0.354 e. The van der Waals surface area contributed by atoms with Gasteiger partial charge in [0.2, 0.25) is 5.88 Å². The van der Waals surface area contributed by atoms with Crippen molar-refractivity contribution < 1.29 is 19.1 Å². The van der Waals surface area contributed by atoms with E-state index in [1.165, 1.54) is 12.8 Å². The number of hydrogen-bond donors (Lipinski definition) is 2. The first kappa shape index (κ1) is 19.9. The molecule has 0 unspecified atom stereocenters. The number of rotatable bonds is 7. The van der Waals surface area contributed by atoms with Crippen molar-refractivity contribution in [3.8, 4) is 5.88 Å². The van der Waals surface area contributed by atoms with E-state index in [0.717, 1.165) is 29.3 Å². The van der Waals surface area contributed by atoms with Crippen LogP contribution >= 0.6 is 0 Å². The van der Waals surface area contributed by atoms with Gasteiger partial charge in [0, 0.05) is 35.3 Å². The fraction of sp³-hybridized carbons (Fsp3) is 0.348. The minimum absolute atomic E-state index is 0.193. The van der Waals surface area contributed by atoms with Crippen molar-refractivity contribution in [3.63, 3.8) is 0 Å². The Labute approximate surface area is 174 Å². The molecule has 1 aromatic carbocycles. The monoisotopic (exact) mass is 407 g/mol. The summed E-state index contributed by atoms with van der Waals surface area (Å²) in [5.41, 5.74) is 2.56. The van der Waals surface area contributed by atoms with Gasteiger partial charge in [0.25, 0.3) is 5.91 Å². The zero-order valence-electron chi connectivity index (χ0n) is 16.9. The number of ether oxygens (including phenoxy) is 2. The lowest BCUT2D eigenvalue weighted by Crippen LogP contribution is -2.22. The number of carbonyl (C=O) groups excluding carboxylic acids is 2. The Morgan fingerprint density at radius 3 is 2.73 bits per heavy atom. The van der Waals surface area contributed by atoms with E-state index in [1.807, 2.05) is 12.1 Å². The number of aromatic amines is 1. The van der Waals surface area contributed by atoms with Crippen molar-refractivity contribution in [1.29, 1.82) is 0 Å². The van der Waals surface area contributed by atoms with Crippen LogP contribution in [0.25, 0.3) is 10.9 Å². The highest BCUT2D eigenvalue weighted by atomic mass is 16.5. The minimum atomic E-state index is -0.410. The summed E-state index contributed by atoms with van der Waals surface area (Å²) in [5, 5.41) is 3.68. The molecule has 0 spiro atoms. The molecule has 7 heteroatoms. The predicted octanol–water partition coefficient (Wildman–Crippen LogP) is 3.99. The number of esters is 1. The third-order valence-electron chi connectivity index (χ3n) is 5.22. The fourth-order valence-electron chi connectivity index (χ4n) is 3.64. The molecule has 30 heavy (non-hydrogen) atoms. The first-order chi connectivity index (χ1) is 14.6. The molecule has 0 radical (unpaired) electrons. The summed E-state index contributed by atoms with van der Waals surface area (Å²) in [7, 11) is 0. The fourth-order valence-corrected chi connectivity index (χ4v) is 3.64. The van der Waals surface area contributed by atoms with Crippen LogP contribution in [0.3, 0.4) is 0 Å². The second kappa shape index (κ2) is 8.98. The van der Waals surface area contributed by atoms with Crippen LogP contribution in [0.4, 0.5) is 0 Å². The van der Waals surface area contributed by atoms with Gasteiger partial charge in [-0.1, -0.05) is 6.07 Å². The Hall–Kier alpha value is -3.35. The van der Waals surface area contributed by atoms with E-state index >= 15 is 0 Å². The molecule has 1 aliphatic rings. The number of aromatic nitrogens is 2. The molecule has 156 valence electrons. The van der Waals surface area contributed by atoms with Gasteiger partial charge in [-0.3, -0.25) is 4.79 Å². The zero-order chi connectivity index (χ0) is 20.9. The highest BCUT2D eigenvalue weighted by molar-refractivity contribution is 6.00. The van der Waals surface area contributed by atoms with Gasteiger partial charge in [0.05, 0.1) is 6.61 Å². The van der Waals surface area contributed by atoms with Gasteiger partial charge < -0.3 is 19.8 Å². The molecule has 0 bridgehead atoms.